The summed E-state index contributed by atoms with van der Waals surface area (Å²) in [6, 6.07) is 11.6. The van der Waals surface area contributed by atoms with Gasteiger partial charge in [-0.3, -0.25) is 9.59 Å². The van der Waals surface area contributed by atoms with Crippen molar-refractivity contribution in [1.29, 1.82) is 0 Å². The minimum atomic E-state index is -0.944. The van der Waals surface area contributed by atoms with E-state index in [1.807, 2.05) is 0 Å². The van der Waals surface area contributed by atoms with Gasteiger partial charge in [0.15, 0.2) is 0 Å². The minimum Gasteiger partial charge on any atom is -0.308 e. The highest BCUT2D eigenvalue weighted by atomic mass is 19.1. The predicted octanol–water partition coefficient (Wildman–Crippen LogP) is 1.81. The Bertz CT molecular complexity index is 1100. The fourth-order valence-corrected chi connectivity index (χ4v) is 3.27. The molecule has 6 nitrogen and oxygen atoms in total. The lowest BCUT2D eigenvalue weighted by Gasteiger charge is -2.18. The Morgan fingerprint density at radius 3 is 2.52 bits per heavy atom. The Kier molecular flexibility index (Phi) is 3.49. The minimum absolute atomic E-state index is 0.153. The molecule has 0 spiro atoms. The van der Waals surface area contributed by atoms with Gasteiger partial charge in [0, 0.05) is 6.54 Å². The highest BCUT2D eigenvalue weighted by Crippen LogP contribution is 2.28. The van der Waals surface area contributed by atoms with E-state index in [-0.39, 0.29) is 18.7 Å². The second kappa shape index (κ2) is 5.70. The van der Waals surface area contributed by atoms with Gasteiger partial charge in [-0.05, 0) is 30.7 Å². The first kappa shape index (κ1) is 15.3. The van der Waals surface area contributed by atoms with E-state index >= 15 is 0 Å². The van der Waals surface area contributed by atoms with E-state index in [0.717, 1.165) is 4.57 Å². The number of nitrogens with zero attached hydrogens (tertiary/aromatic N) is 2. The molecule has 0 saturated carbocycles. The first-order valence-electron chi connectivity index (χ1n) is 7.87. The number of hydrogen-bond donors (Lipinski definition) is 1. The standard InChI is InChI=1S/C18H14FN3O3/c19-12-6-2-4-8-14(12)21-10-9-15(17(21)24)22-16(23)11-5-1-3-7-13(11)20-18(22)25/h1-8,15H,9-10H2,(H,20,25). The number of hydrogen-bond acceptors (Lipinski definition) is 3. The van der Waals surface area contributed by atoms with Crippen LogP contribution in [0.25, 0.3) is 10.9 Å². The summed E-state index contributed by atoms with van der Waals surface area (Å²) in [6.45, 7) is 0.239. The number of fused-ring (bicyclic) bond motifs is 1. The smallest absolute Gasteiger partial charge is 0.308 e. The van der Waals surface area contributed by atoms with Crippen molar-refractivity contribution in [3.05, 3.63) is 75.2 Å². The van der Waals surface area contributed by atoms with Crippen molar-refractivity contribution in [2.75, 3.05) is 11.4 Å². The molecule has 25 heavy (non-hydrogen) atoms. The maximum atomic E-state index is 14.0. The summed E-state index contributed by atoms with van der Waals surface area (Å²) in [6.07, 6.45) is 0.258. The van der Waals surface area contributed by atoms with E-state index < -0.39 is 29.0 Å². The molecule has 4 rings (SSSR count). The van der Waals surface area contributed by atoms with Gasteiger partial charge in [0.05, 0.1) is 16.6 Å². The molecule has 1 amide bonds. The van der Waals surface area contributed by atoms with Gasteiger partial charge in [0.1, 0.15) is 11.9 Å². The summed E-state index contributed by atoms with van der Waals surface area (Å²) in [5, 5.41) is 0.333. The number of aromatic nitrogens is 2. The molecule has 1 unspecified atom stereocenters. The Morgan fingerprint density at radius 1 is 1.00 bits per heavy atom. The molecule has 2 heterocycles. The molecule has 0 radical (unpaired) electrons. The van der Waals surface area contributed by atoms with Crippen LogP contribution in [0.2, 0.25) is 0 Å². The van der Waals surface area contributed by atoms with E-state index in [0.29, 0.717) is 10.9 Å². The molecule has 1 saturated heterocycles. The number of aromatic amines is 1. The molecule has 1 aliphatic rings. The van der Waals surface area contributed by atoms with Crippen LogP contribution in [0.3, 0.4) is 0 Å². The number of anilines is 1. The quantitative estimate of drug-likeness (QED) is 0.774. The third-order valence-electron chi connectivity index (χ3n) is 4.47. The van der Waals surface area contributed by atoms with Crippen LogP contribution in [0.1, 0.15) is 12.5 Å². The topological polar surface area (TPSA) is 75.2 Å². The average Bonchev–Trinajstić information content (AvgIpc) is 2.97. The summed E-state index contributed by atoms with van der Waals surface area (Å²) in [4.78, 5) is 41.7. The highest BCUT2D eigenvalue weighted by molar-refractivity contribution is 5.98. The summed E-state index contributed by atoms with van der Waals surface area (Å²) in [5.74, 6) is -0.982. The normalized spacial score (nSPS) is 17.4. The Hall–Kier alpha value is -3.22. The van der Waals surface area contributed by atoms with Crippen LogP contribution in [-0.2, 0) is 4.79 Å². The molecule has 7 heteroatoms. The number of halogens is 1. The van der Waals surface area contributed by atoms with Crippen molar-refractivity contribution in [1.82, 2.24) is 9.55 Å². The van der Waals surface area contributed by atoms with Gasteiger partial charge in [-0.2, -0.15) is 0 Å². The molecular formula is C18H14FN3O3. The lowest BCUT2D eigenvalue weighted by molar-refractivity contribution is -0.120. The molecule has 126 valence electrons. The van der Waals surface area contributed by atoms with E-state index in [1.165, 1.54) is 23.1 Å². The fourth-order valence-electron chi connectivity index (χ4n) is 3.27. The number of nitrogens with one attached hydrogen (secondary N) is 1. The monoisotopic (exact) mass is 339 g/mol. The molecule has 1 aliphatic heterocycles. The third kappa shape index (κ3) is 2.36. The fraction of sp³-hybridized carbons (Fsp3) is 0.167. The van der Waals surface area contributed by atoms with Crippen LogP contribution in [-0.4, -0.2) is 22.0 Å². The number of carbonyl (C=O) groups excluding carboxylic acids is 1. The van der Waals surface area contributed by atoms with Gasteiger partial charge < -0.3 is 9.88 Å². The van der Waals surface area contributed by atoms with Gasteiger partial charge in [-0.25, -0.2) is 13.8 Å². The number of H-pyrrole nitrogens is 1. The van der Waals surface area contributed by atoms with Crippen molar-refractivity contribution in [2.24, 2.45) is 0 Å². The number of benzene rings is 2. The van der Waals surface area contributed by atoms with E-state index in [9.17, 15) is 18.8 Å². The lowest BCUT2D eigenvalue weighted by atomic mass is 10.2. The predicted molar refractivity (Wildman–Crippen MR) is 91.2 cm³/mol. The van der Waals surface area contributed by atoms with Crippen molar-refractivity contribution in [3.8, 4) is 0 Å². The number of rotatable bonds is 2. The molecule has 1 atom stereocenters. The molecule has 1 fully saturated rings. The second-order valence-electron chi connectivity index (χ2n) is 5.90. The molecule has 3 aromatic rings. The van der Waals surface area contributed by atoms with Crippen LogP contribution in [0.4, 0.5) is 10.1 Å². The zero-order valence-electron chi connectivity index (χ0n) is 13.1. The van der Waals surface area contributed by atoms with Crippen LogP contribution in [0.15, 0.2) is 58.1 Å². The van der Waals surface area contributed by atoms with Crippen molar-refractivity contribution in [2.45, 2.75) is 12.5 Å². The maximum absolute atomic E-state index is 14.0. The third-order valence-corrected chi connectivity index (χ3v) is 4.47. The van der Waals surface area contributed by atoms with Gasteiger partial charge in [-0.1, -0.05) is 24.3 Å². The van der Waals surface area contributed by atoms with E-state index in [2.05, 4.69) is 4.98 Å². The molecule has 0 bridgehead atoms. The Labute approximate surface area is 141 Å². The number of carbonyl (C=O) groups is 1. The summed E-state index contributed by atoms with van der Waals surface area (Å²) < 4.78 is 14.9. The second-order valence-corrected chi connectivity index (χ2v) is 5.90. The van der Waals surface area contributed by atoms with Crippen molar-refractivity contribution < 1.29 is 9.18 Å². The lowest BCUT2D eigenvalue weighted by Crippen LogP contribution is -2.41. The number of para-hydroxylation sites is 2. The van der Waals surface area contributed by atoms with Crippen molar-refractivity contribution >= 4 is 22.5 Å². The van der Waals surface area contributed by atoms with E-state index in [1.54, 1.807) is 30.3 Å². The zero-order chi connectivity index (χ0) is 17.6. The molecule has 1 aromatic heterocycles. The SMILES string of the molecule is O=C1C(n2c(=O)[nH]c3ccccc3c2=O)CCN1c1ccccc1F. The molecule has 0 aliphatic carbocycles. The first-order chi connectivity index (χ1) is 12.1. The molecular weight excluding hydrogens is 325 g/mol. The summed E-state index contributed by atoms with van der Waals surface area (Å²) >= 11 is 0. The summed E-state index contributed by atoms with van der Waals surface area (Å²) in [7, 11) is 0. The largest absolute Gasteiger partial charge is 0.329 e. The molecule has 2 aromatic carbocycles. The zero-order valence-corrected chi connectivity index (χ0v) is 13.1. The van der Waals surface area contributed by atoms with Gasteiger partial charge in [-0.15, -0.1) is 0 Å². The highest BCUT2D eigenvalue weighted by Gasteiger charge is 2.36. The maximum Gasteiger partial charge on any atom is 0.329 e. The van der Waals surface area contributed by atoms with E-state index in [4.69, 9.17) is 0 Å². The van der Waals surface area contributed by atoms with Gasteiger partial charge >= 0.3 is 5.69 Å². The van der Waals surface area contributed by atoms with Gasteiger partial charge in [0.2, 0.25) is 0 Å². The van der Waals surface area contributed by atoms with Crippen molar-refractivity contribution in [3.63, 3.8) is 0 Å². The summed E-state index contributed by atoms with van der Waals surface area (Å²) in [5.41, 5.74) is -0.587. The first-order valence-corrected chi connectivity index (χ1v) is 7.87. The van der Waals surface area contributed by atoms with Crippen LogP contribution in [0, 0.1) is 5.82 Å². The van der Waals surface area contributed by atoms with Crippen LogP contribution < -0.4 is 16.1 Å². The van der Waals surface area contributed by atoms with Crippen LogP contribution in [0.5, 0.6) is 0 Å². The number of amides is 1. The molecule has 1 N–H and O–H groups in total. The van der Waals surface area contributed by atoms with Crippen LogP contribution >= 0.6 is 0 Å². The average molecular weight is 339 g/mol. The van der Waals surface area contributed by atoms with Gasteiger partial charge in [0.25, 0.3) is 11.5 Å². The Balaban J connectivity index is 1.81. The Morgan fingerprint density at radius 2 is 1.72 bits per heavy atom.